The Bertz CT molecular complexity index is 578. The predicted octanol–water partition coefficient (Wildman–Crippen LogP) is 2.97. The van der Waals surface area contributed by atoms with Gasteiger partial charge in [0, 0.05) is 17.6 Å². The smallest absolute Gasteiger partial charge is 0.317 e. The highest BCUT2D eigenvalue weighted by Crippen LogP contribution is 2.22. The highest BCUT2D eigenvalue weighted by molar-refractivity contribution is 9.10. The number of carbonyl (C=O) groups is 2. The van der Waals surface area contributed by atoms with Crippen LogP contribution in [-0.4, -0.2) is 47.7 Å². The summed E-state index contributed by atoms with van der Waals surface area (Å²) in [7, 11) is 0. The number of nitrogens with zero attached hydrogens (tertiary/aromatic N) is 1. The number of hydrogen-bond donors (Lipinski definition) is 2. The zero-order valence-corrected chi connectivity index (χ0v) is 15.5. The summed E-state index contributed by atoms with van der Waals surface area (Å²) in [6.07, 6.45) is 0.426. The number of carboxylic acids is 1. The van der Waals surface area contributed by atoms with Gasteiger partial charge in [-0.25, -0.2) is 4.79 Å². The van der Waals surface area contributed by atoms with E-state index in [0.29, 0.717) is 19.5 Å². The molecule has 24 heavy (non-hydrogen) atoms. The van der Waals surface area contributed by atoms with Gasteiger partial charge in [-0.1, -0.05) is 22.9 Å². The summed E-state index contributed by atoms with van der Waals surface area (Å²) in [5.41, 5.74) is 0. The van der Waals surface area contributed by atoms with Crippen LogP contribution in [0.5, 0.6) is 5.75 Å². The number of hydrogen-bond acceptors (Lipinski definition) is 3. The Kier molecular flexibility index (Phi) is 6.48. The molecule has 1 aromatic rings. The summed E-state index contributed by atoms with van der Waals surface area (Å²) in [5, 5.41) is 12.0. The number of carbonyl (C=O) groups excluding carboxylic acids is 1. The zero-order chi connectivity index (χ0) is 17.7. The topological polar surface area (TPSA) is 78.9 Å². The lowest BCUT2D eigenvalue weighted by atomic mass is 9.91. The molecule has 0 aliphatic carbocycles. The van der Waals surface area contributed by atoms with E-state index in [1.165, 1.54) is 0 Å². The quantitative estimate of drug-likeness (QED) is 0.798. The van der Waals surface area contributed by atoms with Gasteiger partial charge in [0.15, 0.2) is 0 Å². The molecule has 0 radical (unpaired) electrons. The lowest BCUT2D eigenvalue weighted by molar-refractivity contribution is -0.143. The van der Waals surface area contributed by atoms with Crippen LogP contribution in [0.3, 0.4) is 0 Å². The van der Waals surface area contributed by atoms with Crippen molar-refractivity contribution in [3.05, 3.63) is 28.7 Å². The third-order valence-corrected chi connectivity index (χ3v) is 4.52. The van der Waals surface area contributed by atoms with Crippen LogP contribution in [0.15, 0.2) is 28.7 Å². The Labute approximate surface area is 150 Å². The van der Waals surface area contributed by atoms with Crippen molar-refractivity contribution in [1.29, 1.82) is 0 Å². The van der Waals surface area contributed by atoms with Gasteiger partial charge in [0.05, 0.1) is 12.5 Å². The van der Waals surface area contributed by atoms with E-state index in [0.717, 1.165) is 10.2 Å². The van der Waals surface area contributed by atoms with Crippen LogP contribution < -0.4 is 10.1 Å². The molecule has 1 aliphatic heterocycles. The second-order valence-corrected chi connectivity index (χ2v) is 7.27. The van der Waals surface area contributed by atoms with Gasteiger partial charge >= 0.3 is 12.0 Å². The van der Waals surface area contributed by atoms with Crippen molar-refractivity contribution >= 4 is 27.9 Å². The first-order chi connectivity index (χ1) is 11.3. The fourth-order valence-corrected chi connectivity index (χ4v) is 3.09. The van der Waals surface area contributed by atoms with E-state index >= 15 is 0 Å². The molecular formula is C17H23BrN2O4. The molecule has 1 heterocycles. The minimum absolute atomic E-state index is 0.182. The molecule has 2 amide bonds. The van der Waals surface area contributed by atoms with Crippen LogP contribution in [0.25, 0.3) is 0 Å². The van der Waals surface area contributed by atoms with Crippen molar-refractivity contribution in [2.45, 2.75) is 26.4 Å². The molecule has 0 saturated carbocycles. The van der Waals surface area contributed by atoms with Gasteiger partial charge in [0.2, 0.25) is 0 Å². The first kappa shape index (κ1) is 18.6. The molecule has 3 atom stereocenters. The average Bonchev–Trinajstić information content (AvgIpc) is 2.54. The SMILES string of the molecule is CC1CC(C(=O)O)CN(C(=O)NCC(C)Oc2ccc(Br)cc2)C1. The Morgan fingerprint density at radius 3 is 2.67 bits per heavy atom. The molecule has 0 spiro atoms. The normalized spacial score (nSPS) is 21.9. The second kappa shape index (κ2) is 8.37. The van der Waals surface area contributed by atoms with Crippen molar-refractivity contribution in [3.8, 4) is 5.75 Å². The molecule has 1 saturated heterocycles. The van der Waals surface area contributed by atoms with Crippen molar-refractivity contribution in [2.75, 3.05) is 19.6 Å². The van der Waals surface area contributed by atoms with E-state index in [1.807, 2.05) is 38.1 Å². The molecule has 1 fully saturated rings. The third-order valence-electron chi connectivity index (χ3n) is 3.99. The van der Waals surface area contributed by atoms with Crippen LogP contribution in [0.2, 0.25) is 0 Å². The van der Waals surface area contributed by atoms with Gasteiger partial charge in [-0.2, -0.15) is 0 Å². The Morgan fingerprint density at radius 1 is 1.38 bits per heavy atom. The molecule has 1 aliphatic rings. The fourth-order valence-electron chi connectivity index (χ4n) is 2.83. The van der Waals surface area contributed by atoms with Crippen LogP contribution in [0.4, 0.5) is 4.79 Å². The number of aliphatic carboxylic acids is 1. The molecule has 1 aromatic carbocycles. The molecule has 2 rings (SSSR count). The number of rotatable bonds is 5. The van der Waals surface area contributed by atoms with Gasteiger partial charge < -0.3 is 20.1 Å². The number of likely N-dealkylation sites (tertiary alicyclic amines) is 1. The molecule has 0 bridgehead atoms. The second-order valence-electron chi connectivity index (χ2n) is 6.35. The van der Waals surface area contributed by atoms with Crippen LogP contribution in [-0.2, 0) is 4.79 Å². The summed E-state index contributed by atoms with van der Waals surface area (Å²) in [5.74, 6) is -0.415. The van der Waals surface area contributed by atoms with Crippen LogP contribution in [0, 0.1) is 11.8 Å². The number of piperidine rings is 1. The summed E-state index contributed by atoms with van der Waals surface area (Å²) < 4.78 is 6.71. The summed E-state index contributed by atoms with van der Waals surface area (Å²) in [4.78, 5) is 25.0. The monoisotopic (exact) mass is 398 g/mol. The number of carboxylic acid groups (broad SMARTS) is 1. The van der Waals surface area contributed by atoms with Crippen LogP contribution >= 0.6 is 15.9 Å². The van der Waals surface area contributed by atoms with Gasteiger partial charge in [0.25, 0.3) is 0 Å². The highest BCUT2D eigenvalue weighted by atomic mass is 79.9. The maximum atomic E-state index is 12.3. The largest absolute Gasteiger partial charge is 0.489 e. The highest BCUT2D eigenvalue weighted by Gasteiger charge is 2.31. The van der Waals surface area contributed by atoms with Crippen molar-refractivity contribution in [1.82, 2.24) is 10.2 Å². The van der Waals surface area contributed by atoms with Crippen LogP contribution in [0.1, 0.15) is 20.3 Å². The number of halogens is 1. The summed E-state index contributed by atoms with van der Waals surface area (Å²) >= 11 is 3.37. The first-order valence-electron chi connectivity index (χ1n) is 8.03. The first-order valence-corrected chi connectivity index (χ1v) is 8.82. The maximum Gasteiger partial charge on any atom is 0.317 e. The molecule has 0 aromatic heterocycles. The molecular weight excluding hydrogens is 376 g/mol. The zero-order valence-electron chi connectivity index (χ0n) is 13.9. The van der Waals surface area contributed by atoms with Crippen molar-refractivity contribution in [2.24, 2.45) is 11.8 Å². The minimum Gasteiger partial charge on any atom is -0.489 e. The molecule has 6 nitrogen and oxygen atoms in total. The third kappa shape index (κ3) is 5.40. The predicted molar refractivity (Wildman–Crippen MR) is 94.1 cm³/mol. The number of amides is 2. The van der Waals surface area contributed by atoms with E-state index in [2.05, 4.69) is 21.2 Å². The van der Waals surface area contributed by atoms with E-state index in [9.17, 15) is 14.7 Å². The Morgan fingerprint density at radius 2 is 2.04 bits per heavy atom. The lowest BCUT2D eigenvalue weighted by Crippen LogP contribution is -2.50. The number of benzene rings is 1. The van der Waals surface area contributed by atoms with E-state index in [4.69, 9.17) is 4.74 Å². The average molecular weight is 399 g/mol. The number of ether oxygens (including phenoxy) is 1. The van der Waals surface area contributed by atoms with E-state index < -0.39 is 11.9 Å². The van der Waals surface area contributed by atoms with E-state index in [-0.39, 0.29) is 24.6 Å². The Hall–Kier alpha value is -1.76. The fraction of sp³-hybridized carbons (Fsp3) is 0.529. The van der Waals surface area contributed by atoms with Gasteiger partial charge in [-0.05, 0) is 43.5 Å². The summed E-state index contributed by atoms with van der Waals surface area (Å²) in [6, 6.07) is 7.25. The van der Waals surface area contributed by atoms with Crippen molar-refractivity contribution in [3.63, 3.8) is 0 Å². The Balaban J connectivity index is 1.81. The molecule has 7 heteroatoms. The number of urea groups is 1. The molecule has 132 valence electrons. The van der Waals surface area contributed by atoms with Gasteiger partial charge in [0.1, 0.15) is 11.9 Å². The maximum absolute atomic E-state index is 12.3. The van der Waals surface area contributed by atoms with Gasteiger partial charge in [-0.3, -0.25) is 4.79 Å². The molecule has 2 N–H and O–H groups in total. The summed E-state index contributed by atoms with van der Waals surface area (Å²) in [6.45, 7) is 5.04. The van der Waals surface area contributed by atoms with Gasteiger partial charge in [-0.15, -0.1) is 0 Å². The molecule has 3 unspecified atom stereocenters. The van der Waals surface area contributed by atoms with E-state index in [1.54, 1.807) is 4.90 Å². The standard InChI is InChI=1S/C17H23BrN2O4/c1-11-7-13(16(21)22)10-20(9-11)17(23)19-8-12(2)24-15-5-3-14(18)4-6-15/h3-6,11-13H,7-10H2,1-2H3,(H,19,23)(H,21,22). The van der Waals surface area contributed by atoms with Crippen molar-refractivity contribution < 1.29 is 19.4 Å². The number of nitrogens with one attached hydrogen (secondary N) is 1. The minimum atomic E-state index is -0.841. The lowest BCUT2D eigenvalue weighted by Gasteiger charge is -2.34.